The number of nitrogens with zero attached hydrogens (tertiary/aromatic N) is 4. The van der Waals surface area contributed by atoms with Crippen LogP contribution in [0.5, 0.6) is 0 Å². The van der Waals surface area contributed by atoms with Crippen molar-refractivity contribution in [2.24, 2.45) is 0 Å². The van der Waals surface area contributed by atoms with Crippen molar-refractivity contribution in [3.63, 3.8) is 0 Å². The summed E-state index contributed by atoms with van der Waals surface area (Å²) in [6.07, 6.45) is 3.22. The summed E-state index contributed by atoms with van der Waals surface area (Å²) >= 11 is 1.36. The van der Waals surface area contributed by atoms with Crippen LogP contribution in [0, 0.1) is 6.92 Å². The maximum absolute atomic E-state index is 11.9. The molecule has 0 saturated heterocycles. The molecular formula is C13H12N4O2S. The lowest BCUT2D eigenvalue weighted by Crippen LogP contribution is -2.06. The normalized spacial score (nSPS) is 10.9. The Morgan fingerprint density at radius 2 is 2.35 bits per heavy atom. The van der Waals surface area contributed by atoms with Crippen molar-refractivity contribution in [2.75, 3.05) is 6.61 Å². The molecule has 0 fully saturated rings. The number of aryl methyl sites for hydroxylation is 1. The average molecular weight is 288 g/mol. The van der Waals surface area contributed by atoms with Gasteiger partial charge in [0.1, 0.15) is 5.56 Å². The van der Waals surface area contributed by atoms with Crippen molar-refractivity contribution in [1.29, 1.82) is 0 Å². The average Bonchev–Trinajstić information content (AvgIpc) is 3.08. The molecule has 0 bridgehead atoms. The third-order valence-electron chi connectivity index (χ3n) is 2.84. The minimum absolute atomic E-state index is 0.323. The molecule has 0 aliphatic rings. The van der Waals surface area contributed by atoms with E-state index in [1.807, 2.05) is 19.1 Å². The second-order valence-electron chi connectivity index (χ2n) is 4.17. The second-order valence-corrected chi connectivity index (χ2v) is 5.01. The molecule has 3 aromatic rings. The highest BCUT2D eigenvalue weighted by molar-refractivity contribution is 7.09. The van der Waals surface area contributed by atoms with Gasteiger partial charge < -0.3 is 4.74 Å². The summed E-state index contributed by atoms with van der Waals surface area (Å²) in [5.74, 6) is -0.407. The van der Waals surface area contributed by atoms with Crippen molar-refractivity contribution < 1.29 is 9.53 Å². The van der Waals surface area contributed by atoms with Gasteiger partial charge in [-0.25, -0.2) is 18.7 Å². The Balaban J connectivity index is 2.18. The molecule has 0 radical (unpaired) electrons. The Morgan fingerprint density at radius 1 is 1.50 bits per heavy atom. The smallest absolute Gasteiger partial charge is 0.343 e. The van der Waals surface area contributed by atoms with E-state index in [0.717, 1.165) is 16.3 Å². The lowest BCUT2D eigenvalue weighted by atomic mass is 10.2. The van der Waals surface area contributed by atoms with Gasteiger partial charge in [0.2, 0.25) is 0 Å². The lowest BCUT2D eigenvalue weighted by Gasteiger charge is -2.04. The number of hydrogen-bond acceptors (Lipinski definition) is 6. The van der Waals surface area contributed by atoms with E-state index in [-0.39, 0.29) is 0 Å². The van der Waals surface area contributed by atoms with E-state index >= 15 is 0 Å². The van der Waals surface area contributed by atoms with E-state index in [9.17, 15) is 4.79 Å². The van der Waals surface area contributed by atoms with Crippen molar-refractivity contribution in [2.45, 2.75) is 13.8 Å². The van der Waals surface area contributed by atoms with Crippen LogP contribution in [0.2, 0.25) is 0 Å². The zero-order valence-corrected chi connectivity index (χ0v) is 11.8. The Bertz CT molecular complexity index is 764. The number of aromatic nitrogens is 4. The Labute approximate surface area is 119 Å². The summed E-state index contributed by atoms with van der Waals surface area (Å²) in [6.45, 7) is 4.01. The van der Waals surface area contributed by atoms with Crippen molar-refractivity contribution >= 4 is 23.1 Å². The Morgan fingerprint density at radius 3 is 3.05 bits per heavy atom. The van der Waals surface area contributed by atoms with Crippen molar-refractivity contribution in [3.8, 4) is 10.6 Å². The highest BCUT2D eigenvalue weighted by Gasteiger charge is 2.17. The third kappa shape index (κ3) is 2.05. The summed E-state index contributed by atoms with van der Waals surface area (Å²) in [4.78, 5) is 17.4. The number of hydrogen-bond donors (Lipinski definition) is 0. The summed E-state index contributed by atoms with van der Waals surface area (Å²) in [6, 6.07) is 3.81. The molecule has 0 spiro atoms. The van der Waals surface area contributed by atoms with Crippen molar-refractivity contribution in [3.05, 3.63) is 35.8 Å². The van der Waals surface area contributed by atoms with Gasteiger partial charge in [-0.15, -0.1) is 0 Å². The molecule has 0 aliphatic heterocycles. The van der Waals surface area contributed by atoms with Gasteiger partial charge in [0, 0.05) is 11.9 Å². The van der Waals surface area contributed by atoms with Crippen LogP contribution in [0.1, 0.15) is 23.0 Å². The molecule has 0 amide bonds. The predicted octanol–water partition coefficient (Wildman–Crippen LogP) is 2.34. The van der Waals surface area contributed by atoms with Gasteiger partial charge in [-0.05, 0) is 37.5 Å². The molecule has 3 aromatic heterocycles. The number of ether oxygens (including phenoxy) is 1. The second kappa shape index (κ2) is 5.01. The molecule has 7 heteroatoms. The Hall–Kier alpha value is -2.28. The zero-order chi connectivity index (χ0) is 14.1. The number of carbonyl (C=O) groups excluding carboxylic acids is 1. The van der Waals surface area contributed by atoms with Gasteiger partial charge in [-0.3, -0.25) is 0 Å². The minimum Gasteiger partial charge on any atom is -0.462 e. The topological polar surface area (TPSA) is 69.4 Å². The molecule has 0 unspecified atom stereocenters. The largest absolute Gasteiger partial charge is 0.462 e. The number of rotatable bonds is 3. The number of esters is 1. The first-order chi connectivity index (χ1) is 9.70. The monoisotopic (exact) mass is 288 g/mol. The third-order valence-corrected chi connectivity index (χ3v) is 3.60. The first-order valence-electron chi connectivity index (χ1n) is 6.14. The van der Waals surface area contributed by atoms with Crippen LogP contribution >= 0.6 is 11.5 Å². The van der Waals surface area contributed by atoms with E-state index in [4.69, 9.17) is 4.74 Å². The van der Waals surface area contributed by atoms with Crippen LogP contribution in [0.3, 0.4) is 0 Å². The summed E-state index contributed by atoms with van der Waals surface area (Å²) in [5.41, 5.74) is 2.56. The van der Waals surface area contributed by atoms with Gasteiger partial charge in [0.25, 0.3) is 0 Å². The van der Waals surface area contributed by atoms with Gasteiger partial charge in [-0.1, -0.05) is 0 Å². The van der Waals surface area contributed by atoms with Crippen LogP contribution in [0.25, 0.3) is 16.2 Å². The van der Waals surface area contributed by atoms with Gasteiger partial charge in [0.15, 0.2) is 5.65 Å². The van der Waals surface area contributed by atoms with E-state index in [1.54, 1.807) is 17.6 Å². The molecule has 0 N–H and O–H groups in total. The summed E-state index contributed by atoms with van der Waals surface area (Å²) < 4.78 is 10.7. The van der Waals surface area contributed by atoms with E-state index < -0.39 is 5.97 Å². The first kappa shape index (κ1) is 12.7. The molecule has 3 heterocycles. The molecule has 0 aromatic carbocycles. The van der Waals surface area contributed by atoms with Gasteiger partial charge >= 0.3 is 5.97 Å². The van der Waals surface area contributed by atoms with Crippen LogP contribution < -0.4 is 0 Å². The highest BCUT2D eigenvalue weighted by Crippen LogP contribution is 2.23. The lowest BCUT2D eigenvalue weighted by molar-refractivity contribution is 0.0528. The maximum atomic E-state index is 11.9. The molecular weight excluding hydrogens is 276 g/mol. The van der Waals surface area contributed by atoms with Crippen molar-refractivity contribution in [1.82, 2.24) is 19.0 Å². The zero-order valence-electron chi connectivity index (χ0n) is 11.0. The maximum Gasteiger partial charge on any atom is 0.343 e. The van der Waals surface area contributed by atoms with Gasteiger partial charge in [-0.2, -0.15) is 5.10 Å². The minimum atomic E-state index is -0.407. The fourth-order valence-electron chi connectivity index (χ4n) is 1.94. The molecule has 0 atom stereocenters. The molecule has 0 saturated carbocycles. The molecule has 3 rings (SSSR count). The van der Waals surface area contributed by atoms with Crippen LogP contribution in [-0.2, 0) is 4.74 Å². The Kier molecular flexibility index (Phi) is 3.19. The van der Waals surface area contributed by atoms with E-state index in [1.165, 1.54) is 17.7 Å². The number of carbonyl (C=O) groups is 1. The van der Waals surface area contributed by atoms with Crippen LogP contribution in [0.4, 0.5) is 0 Å². The molecule has 20 heavy (non-hydrogen) atoms. The fourth-order valence-corrected chi connectivity index (χ4v) is 2.50. The van der Waals surface area contributed by atoms with Gasteiger partial charge in [0.05, 0.1) is 23.4 Å². The standard InChI is InChI=1S/C13H12N4O2S/c1-3-19-13(18)9-7-14-17-8(2)6-10(16-12(9)17)11-4-5-15-20-11/h4-7H,3H2,1-2H3. The quantitative estimate of drug-likeness (QED) is 0.692. The molecule has 6 nitrogen and oxygen atoms in total. The molecule has 102 valence electrons. The van der Waals surface area contributed by atoms with E-state index in [2.05, 4.69) is 14.5 Å². The highest BCUT2D eigenvalue weighted by atomic mass is 32.1. The summed E-state index contributed by atoms with van der Waals surface area (Å²) in [7, 11) is 0. The SMILES string of the molecule is CCOC(=O)c1cnn2c(C)cc(-c3ccns3)nc12. The van der Waals surface area contributed by atoms with Crippen LogP contribution in [0.15, 0.2) is 24.5 Å². The number of fused-ring (bicyclic) bond motifs is 1. The van der Waals surface area contributed by atoms with Crippen LogP contribution in [-0.4, -0.2) is 31.5 Å². The van der Waals surface area contributed by atoms with E-state index in [0.29, 0.717) is 17.8 Å². The summed E-state index contributed by atoms with van der Waals surface area (Å²) in [5, 5.41) is 4.19. The predicted molar refractivity (Wildman–Crippen MR) is 74.8 cm³/mol. The fraction of sp³-hybridized carbons (Fsp3) is 0.231. The first-order valence-corrected chi connectivity index (χ1v) is 6.91. The molecule has 0 aliphatic carbocycles.